The standard InChI is InChI=1S/C6H14N2/c1-6(5-7)3-4-8-2/h3,8H,4-5,7H2,1-2H3/b6-3-. The minimum absolute atomic E-state index is 0.668. The van der Waals surface area contributed by atoms with Gasteiger partial charge in [-0.1, -0.05) is 11.6 Å². The summed E-state index contributed by atoms with van der Waals surface area (Å²) in [6, 6.07) is 0. The molecule has 0 atom stereocenters. The van der Waals surface area contributed by atoms with Crippen molar-refractivity contribution in [2.45, 2.75) is 6.92 Å². The Hall–Kier alpha value is -0.340. The molecule has 3 N–H and O–H groups in total. The summed E-state index contributed by atoms with van der Waals surface area (Å²) in [7, 11) is 1.92. The zero-order valence-corrected chi connectivity index (χ0v) is 5.57. The Balaban J connectivity index is 3.26. The number of likely N-dealkylation sites (N-methyl/N-ethyl adjacent to an activating group) is 1. The predicted molar refractivity (Wildman–Crippen MR) is 36.7 cm³/mol. The molecular formula is C6H14N2. The van der Waals surface area contributed by atoms with Gasteiger partial charge in [-0.3, -0.25) is 0 Å². The van der Waals surface area contributed by atoms with Crippen molar-refractivity contribution in [1.82, 2.24) is 5.32 Å². The highest BCUT2D eigenvalue weighted by molar-refractivity contribution is 4.99. The van der Waals surface area contributed by atoms with Gasteiger partial charge in [-0.15, -0.1) is 0 Å². The lowest BCUT2D eigenvalue weighted by Crippen LogP contribution is -2.07. The van der Waals surface area contributed by atoms with E-state index in [0.29, 0.717) is 6.54 Å². The molecule has 0 aromatic heterocycles. The van der Waals surface area contributed by atoms with E-state index in [1.807, 2.05) is 14.0 Å². The van der Waals surface area contributed by atoms with E-state index in [1.165, 1.54) is 5.57 Å². The van der Waals surface area contributed by atoms with Crippen LogP contribution in [0.2, 0.25) is 0 Å². The number of nitrogens with one attached hydrogen (secondary N) is 1. The van der Waals surface area contributed by atoms with Crippen molar-refractivity contribution in [3.8, 4) is 0 Å². The summed E-state index contributed by atoms with van der Waals surface area (Å²) < 4.78 is 0. The van der Waals surface area contributed by atoms with Crippen LogP contribution in [0.3, 0.4) is 0 Å². The lowest BCUT2D eigenvalue weighted by molar-refractivity contribution is 0.907. The minimum atomic E-state index is 0.668. The monoisotopic (exact) mass is 114 g/mol. The molecular weight excluding hydrogens is 100 g/mol. The molecule has 0 heterocycles. The first-order chi connectivity index (χ1) is 3.81. The molecule has 0 radical (unpaired) electrons. The van der Waals surface area contributed by atoms with E-state index in [1.54, 1.807) is 0 Å². The molecule has 0 aliphatic rings. The van der Waals surface area contributed by atoms with Gasteiger partial charge >= 0.3 is 0 Å². The van der Waals surface area contributed by atoms with Crippen LogP contribution >= 0.6 is 0 Å². The Morgan fingerprint density at radius 2 is 2.38 bits per heavy atom. The topological polar surface area (TPSA) is 38.0 Å². The van der Waals surface area contributed by atoms with E-state index in [2.05, 4.69) is 11.4 Å². The number of hydrogen-bond acceptors (Lipinski definition) is 2. The van der Waals surface area contributed by atoms with E-state index in [-0.39, 0.29) is 0 Å². The molecule has 2 nitrogen and oxygen atoms in total. The number of hydrogen-bond donors (Lipinski definition) is 2. The van der Waals surface area contributed by atoms with Crippen molar-refractivity contribution in [3.05, 3.63) is 11.6 Å². The van der Waals surface area contributed by atoms with Crippen LogP contribution in [0.15, 0.2) is 11.6 Å². The highest BCUT2D eigenvalue weighted by Crippen LogP contribution is 1.83. The molecule has 0 spiro atoms. The Bertz CT molecular complexity index is 76.6. The van der Waals surface area contributed by atoms with E-state index < -0.39 is 0 Å². The van der Waals surface area contributed by atoms with Gasteiger partial charge in [-0.2, -0.15) is 0 Å². The highest BCUT2D eigenvalue weighted by Gasteiger charge is 1.79. The smallest absolute Gasteiger partial charge is 0.0134 e. The van der Waals surface area contributed by atoms with Crippen LogP contribution < -0.4 is 11.1 Å². The molecule has 0 fully saturated rings. The second-order valence-corrected chi connectivity index (χ2v) is 1.81. The molecule has 2 heteroatoms. The third kappa shape index (κ3) is 3.84. The maximum Gasteiger partial charge on any atom is 0.0134 e. The van der Waals surface area contributed by atoms with Crippen LogP contribution in [0.4, 0.5) is 0 Å². The second kappa shape index (κ2) is 4.81. The second-order valence-electron chi connectivity index (χ2n) is 1.81. The molecule has 0 unspecified atom stereocenters. The zero-order chi connectivity index (χ0) is 6.41. The van der Waals surface area contributed by atoms with Crippen LogP contribution in [0.1, 0.15) is 6.92 Å². The Morgan fingerprint density at radius 3 is 2.75 bits per heavy atom. The van der Waals surface area contributed by atoms with Crippen molar-refractivity contribution >= 4 is 0 Å². The molecule has 8 heavy (non-hydrogen) atoms. The van der Waals surface area contributed by atoms with Crippen LogP contribution in [-0.2, 0) is 0 Å². The zero-order valence-electron chi connectivity index (χ0n) is 5.57. The van der Waals surface area contributed by atoms with Crippen molar-refractivity contribution in [3.63, 3.8) is 0 Å². The molecule has 0 aliphatic carbocycles. The maximum absolute atomic E-state index is 5.32. The van der Waals surface area contributed by atoms with Gasteiger partial charge in [0.1, 0.15) is 0 Å². The quantitative estimate of drug-likeness (QED) is 0.511. The number of nitrogens with two attached hydrogens (primary N) is 1. The SMILES string of the molecule is CNC/C=C(/C)CN. The maximum atomic E-state index is 5.32. The average molecular weight is 114 g/mol. The van der Waals surface area contributed by atoms with Gasteiger partial charge in [0.2, 0.25) is 0 Å². The van der Waals surface area contributed by atoms with Crippen molar-refractivity contribution in [2.24, 2.45) is 5.73 Å². The van der Waals surface area contributed by atoms with Crippen LogP contribution in [0, 0.1) is 0 Å². The van der Waals surface area contributed by atoms with Crippen LogP contribution in [0.5, 0.6) is 0 Å². The molecule has 0 saturated heterocycles. The lowest BCUT2D eigenvalue weighted by Gasteiger charge is -1.93. The summed E-state index contributed by atoms with van der Waals surface area (Å²) in [6.07, 6.45) is 2.08. The fourth-order valence-electron chi connectivity index (χ4n) is 0.360. The molecule has 0 aliphatic heterocycles. The normalized spacial score (nSPS) is 12.1. The highest BCUT2D eigenvalue weighted by atomic mass is 14.8. The largest absolute Gasteiger partial charge is 0.327 e. The molecule has 0 aromatic rings. The molecule has 0 bridgehead atoms. The molecule has 0 aromatic carbocycles. The van der Waals surface area contributed by atoms with Gasteiger partial charge < -0.3 is 11.1 Å². The Kier molecular flexibility index (Phi) is 4.61. The van der Waals surface area contributed by atoms with E-state index in [9.17, 15) is 0 Å². The van der Waals surface area contributed by atoms with Gasteiger partial charge in [0.25, 0.3) is 0 Å². The fraction of sp³-hybridized carbons (Fsp3) is 0.667. The third-order valence-electron chi connectivity index (χ3n) is 0.977. The summed E-state index contributed by atoms with van der Waals surface area (Å²) in [4.78, 5) is 0. The minimum Gasteiger partial charge on any atom is -0.327 e. The average Bonchev–Trinajstić information content (AvgIpc) is 1.83. The summed E-state index contributed by atoms with van der Waals surface area (Å²) in [5.74, 6) is 0. The third-order valence-corrected chi connectivity index (χ3v) is 0.977. The first-order valence-electron chi connectivity index (χ1n) is 2.81. The summed E-state index contributed by atoms with van der Waals surface area (Å²) >= 11 is 0. The van der Waals surface area contributed by atoms with Gasteiger partial charge in [-0.05, 0) is 14.0 Å². The van der Waals surface area contributed by atoms with Gasteiger partial charge in [0.15, 0.2) is 0 Å². The van der Waals surface area contributed by atoms with Gasteiger partial charge in [-0.25, -0.2) is 0 Å². The van der Waals surface area contributed by atoms with E-state index >= 15 is 0 Å². The van der Waals surface area contributed by atoms with Crippen molar-refractivity contribution < 1.29 is 0 Å². The Morgan fingerprint density at radius 1 is 1.75 bits per heavy atom. The summed E-state index contributed by atoms with van der Waals surface area (Å²) in [5, 5.41) is 3.00. The predicted octanol–water partition coefficient (Wildman–Crippen LogP) is 0.111. The van der Waals surface area contributed by atoms with Crippen LogP contribution in [0.25, 0.3) is 0 Å². The van der Waals surface area contributed by atoms with Crippen molar-refractivity contribution in [1.29, 1.82) is 0 Å². The molecule has 0 rings (SSSR count). The van der Waals surface area contributed by atoms with Crippen molar-refractivity contribution in [2.75, 3.05) is 20.1 Å². The van der Waals surface area contributed by atoms with Gasteiger partial charge in [0, 0.05) is 13.1 Å². The fourth-order valence-corrected chi connectivity index (χ4v) is 0.360. The van der Waals surface area contributed by atoms with E-state index in [0.717, 1.165) is 6.54 Å². The summed E-state index contributed by atoms with van der Waals surface area (Å²) in [5.41, 5.74) is 6.55. The summed E-state index contributed by atoms with van der Waals surface area (Å²) in [6.45, 7) is 3.61. The van der Waals surface area contributed by atoms with Crippen LogP contribution in [-0.4, -0.2) is 20.1 Å². The van der Waals surface area contributed by atoms with Gasteiger partial charge in [0.05, 0.1) is 0 Å². The number of rotatable bonds is 3. The first kappa shape index (κ1) is 7.66. The van der Waals surface area contributed by atoms with E-state index in [4.69, 9.17) is 5.73 Å². The molecule has 48 valence electrons. The Labute approximate surface area is 50.8 Å². The molecule has 0 amide bonds. The first-order valence-corrected chi connectivity index (χ1v) is 2.81. The molecule has 0 saturated carbocycles. The lowest BCUT2D eigenvalue weighted by atomic mass is 10.3.